The van der Waals surface area contributed by atoms with Crippen molar-refractivity contribution in [1.82, 2.24) is 0 Å². The molecule has 26 heavy (non-hydrogen) atoms. The number of nitrogens with one attached hydrogen (secondary N) is 1. The molecular weight excluding hydrogens is 393 g/mol. The molecule has 2 aromatic carbocycles. The molecule has 0 aliphatic carbocycles. The van der Waals surface area contributed by atoms with E-state index >= 15 is 0 Å². The maximum absolute atomic E-state index is 10.3. The smallest absolute Gasteiger partial charge is 0.122 e. The third kappa shape index (κ3) is 3.55. The van der Waals surface area contributed by atoms with Gasteiger partial charge in [-0.1, -0.05) is 55.6 Å². The minimum Gasteiger partial charge on any atom is -0.507 e. The van der Waals surface area contributed by atoms with Crippen LogP contribution in [-0.4, -0.2) is 5.11 Å². The van der Waals surface area contributed by atoms with Crippen LogP contribution in [0.25, 0.3) is 0 Å². The predicted molar refractivity (Wildman–Crippen MR) is 106 cm³/mol. The minimum absolute atomic E-state index is 0.0153. The second-order valence-electron chi connectivity index (χ2n) is 6.85. The first-order chi connectivity index (χ1) is 12.0. The average Bonchev–Trinajstić information content (AvgIpc) is 2.56. The van der Waals surface area contributed by atoms with Crippen LogP contribution in [0.1, 0.15) is 43.0 Å². The van der Waals surface area contributed by atoms with Crippen molar-refractivity contribution in [1.29, 1.82) is 10.5 Å². The Bertz CT molecular complexity index is 980. The number of nitrogens with zero attached hydrogens (tertiary/aromatic N) is 2. The summed E-state index contributed by atoms with van der Waals surface area (Å²) < 4.78 is 0. The number of hydrogen-bond acceptors (Lipinski definition) is 4. The molecule has 2 aromatic rings. The number of halogens is 3. The Morgan fingerprint density at radius 1 is 0.962 bits per heavy atom. The van der Waals surface area contributed by atoms with E-state index in [1.54, 1.807) is 19.1 Å². The molecule has 7 heteroatoms. The second kappa shape index (κ2) is 7.25. The van der Waals surface area contributed by atoms with Crippen LogP contribution in [0, 0.1) is 29.6 Å². The molecule has 0 unspecified atom stereocenters. The summed E-state index contributed by atoms with van der Waals surface area (Å²) in [7, 11) is 0. The molecule has 0 saturated carbocycles. The van der Waals surface area contributed by atoms with Crippen molar-refractivity contribution in [2.24, 2.45) is 0 Å². The van der Waals surface area contributed by atoms with Crippen LogP contribution in [0.4, 0.5) is 11.4 Å². The summed E-state index contributed by atoms with van der Waals surface area (Å²) in [5.74, 6) is 0.218. The fraction of sp³-hybridized carbons (Fsp3) is 0.263. The number of nitriles is 2. The van der Waals surface area contributed by atoms with Gasteiger partial charge in [-0.15, -0.1) is 0 Å². The van der Waals surface area contributed by atoms with E-state index in [2.05, 4.69) is 5.32 Å². The lowest BCUT2D eigenvalue weighted by Gasteiger charge is -2.23. The molecule has 0 bridgehead atoms. The summed E-state index contributed by atoms with van der Waals surface area (Å²) in [4.78, 5) is 0. The Balaban J connectivity index is 2.68. The molecule has 0 aliphatic heterocycles. The fourth-order valence-electron chi connectivity index (χ4n) is 2.55. The van der Waals surface area contributed by atoms with Crippen LogP contribution in [0.3, 0.4) is 0 Å². The van der Waals surface area contributed by atoms with E-state index in [-0.39, 0.29) is 43.0 Å². The van der Waals surface area contributed by atoms with Gasteiger partial charge in [0.2, 0.25) is 0 Å². The van der Waals surface area contributed by atoms with Crippen LogP contribution in [0.5, 0.6) is 5.75 Å². The Hall–Kier alpha value is -2.11. The lowest BCUT2D eigenvalue weighted by molar-refractivity contribution is 0.443. The van der Waals surface area contributed by atoms with Gasteiger partial charge in [-0.2, -0.15) is 10.5 Å². The van der Waals surface area contributed by atoms with Crippen molar-refractivity contribution in [3.63, 3.8) is 0 Å². The fourth-order valence-corrected chi connectivity index (χ4v) is 3.34. The van der Waals surface area contributed by atoms with E-state index in [0.717, 1.165) is 5.56 Å². The number of phenols is 1. The van der Waals surface area contributed by atoms with Gasteiger partial charge < -0.3 is 10.4 Å². The molecule has 0 saturated heterocycles. The predicted octanol–water partition coefficient (Wildman–Crippen LogP) is 6.45. The molecule has 134 valence electrons. The highest BCUT2D eigenvalue weighted by atomic mass is 35.5. The molecule has 0 radical (unpaired) electrons. The maximum atomic E-state index is 10.3. The van der Waals surface area contributed by atoms with Gasteiger partial charge in [-0.05, 0) is 30.0 Å². The summed E-state index contributed by atoms with van der Waals surface area (Å²) in [6.07, 6.45) is 0. The van der Waals surface area contributed by atoms with Gasteiger partial charge in [0.25, 0.3) is 0 Å². The Morgan fingerprint density at radius 2 is 1.50 bits per heavy atom. The first-order valence-electron chi connectivity index (χ1n) is 7.64. The highest BCUT2D eigenvalue weighted by molar-refractivity contribution is 6.47. The van der Waals surface area contributed by atoms with E-state index in [1.807, 2.05) is 32.9 Å². The summed E-state index contributed by atoms with van der Waals surface area (Å²) in [5, 5.41) is 32.0. The molecule has 0 heterocycles. The van der Waals surface area contributed by atoms with Gasteiger partial charge in [0.1, 0.15) is 17.9 Å². The number of aromatic hydroxyl groups is 1. The van der Waals surface area contributed by atoms with Crippen LogP contribution in [-0.2, 0) is 5.41 Å². The van der Waals surface area contributed by atoms with Crippen molar-refractivity contribution in [3.05, 3.63) is 49.5 Å². The van der Waals surface area contributed by atoms with E-state index in [9.17, 15) is 15.6 Å². The SMILES string of the molecule is Cc1cc(Nc2c(Cl)c(Cl)c(C#N)c(C#N)c2Cl)cc(C(C)(C)C)c1O. The van der Waals surface area contributed by atoms with Crippen molar-refractivity contribution >= 4 is 46.2 Å². The number of hydrogen-bond donors (Lipinski definition) is 2. The lowest BCUT2D eigenvalue weighted by atomic mass is 9.85. The van der Waals surface area contributed by atoms with Gasteiger partial charge in [0.15, 0.2) is 0 Å². The first-order valence-corrected chi connectivity index (χ1v) is 8.78. The van der Waals surface area contributed by atoms with E-state index < -0.39 is 0 Å². The molecule has 0 atom stereocenters. The Morgan fingerprint density at radius 3 is 2.00 bits per heavy atom. The zero-order chi connectivity index (χ0) is 19.8. The Labute approximate surface area is 167 Å². The van der Waals surface area contributed by atoms with Gasteiger partial charge in [-0.3, -0.25) is 0 Å². The number of rotatable bonds is 2. The summed E-state index contributed by atoms with van der Waals surface area (Å²) in [5.41, 5.74) is 1.88. The summed E-state index contributed by atoms with van der Waals surface area (Å²) >= 11 is 18.7. The molecule has 0 aliphatic rings. The lowest BCUT2D eigenvalue weighted by Crippen LogP contribution is -2.12. The normalized spacial score (nSPS) is 11.0. The molecule has 2 rings (SSSR count). The Kier molecular flexibility index (Phi) is 5.64. The number of benzene rings is 2. The second-order valence-corrected chi connectivity index (χ2v) is 7.99. The summed E-state index contributed by atoms with van der Waals surface area (Å²) in [6.45, 7) is 7.73. The first kappa shape index (κ1) is 20.2. The van der Waals surface area contributed by atoms with Gasteiger partial charge in [0.05, 0.1) is 31.9 Å². The van der Waals surface area contributed by atoms with Crippen molar-refractivity contribution in [3.8, 4) is 17.9 Å². The van der Waals surface area contributed by atoms with Crippen molar-refractivity contribution in [2.45, 2.75) is 33.1 Å². The molecule has 2 N–H and O–H groups in total. The van der Waals surface area contributed by atoms with Crippen molar-refractivity contribution in [2.75, 3.05) is 5.32 Å². The van der Waals surface area contributed by atoms with Crippen molar-refractivity contribution < 1.29 is 5.11 Å². The molecule has 0 aromatic heterocycles. The van der Waals surface area contributed by atoms with Crippen LogP contribution in [0.15, 0.2) is 12.1 Å². The maximum Gasteiger partial charge on any atom is 0.122 e. The van der Waals surface area contributed by atoms with E-state index in [4.69, 9.17) is 34.8 Å². The molecule has 0 amide bonds. The topological polar surface area (TPSA) is 79.8 Å². The van der Waals surface area contributed by atoms with Gasteiger partial charge in [0, 0.05) is 11.3 Å². The van der Waals surface area contributed by atoms with Crippen LogP contribution in [0.2, 0.25) is 15.1 Å². The number of phenolic OH excluding ortho intramolecular Hbond substituents is 1. The van der Waals surface area contributed by atoms with Gasteiger partial charge >= 0.3 is 0 Å². The van der Waals surface area contributed by atoms with Crippen LogP contribution < -0.4 is 5.32 Å². The third-order valence-corrected chi connectivity index (χ3v) is 5.15. The van der Waals surface area contributed by atoms with Crippen LogP contribution >= 0.6 is 34.8 Å². The number of anilines is 2. The molecule has 0 spiro atoms. The molecular formula is C19H16Cl3N3O. The molecule has 4 nitrogen and oxygen atoms in total. The monoisotopic (exact) mass is 407 g/mol. The zero-order valence-corrected chi connectivity index (χ0v) is 16.9. The quantitative estimate of drug-likeness (QED) is 0.442. The molecule has 0 fully saturated rings. The largest absolute Gasteiger partial charge is 0.507 e. The van der Waals surface area contributed by atoms with E-state index in [0.29, 0.717) is 11.3 Å². The highest BCUT2D eigenvalue weighted by Gasteiger charge is 2.24. The number of aryl methyl sites for hydroxylation is 1. The van der Waals surface area contributed by atoms with Gasteiger partial charge in [-0.25, -0.2) is 0 Å². The third-order valence-electron chi connectivity index (χ3n) is 3.92. The summed E-state index contributed by atoms with van der Waals surface area (Å²) in [6, 6.07) is 7.25. The zero-order valence-electron chi connectivity index (χ0n) is 14.6. The van der Waals surface area contributed by atoms with E-state index in [1.165, 1.54) is 0 Å². The standard InChI is InChI=1S/C19H16Cl3N3O/c1-9-5-10(6-13(18(9)26)19(2,3)4)25-17-15(21)12(8-24)11(7-23)14(20)16(17)22/h5-6,25-26H,1-4H3. The average molecular weight is 409 g/mol. The minimum atomic E-state index is -0.291. The highest BCUT2D eigenvalue weighted by Crippen LogP contribution is 2.44.